The van der Waals surface area contributed by atoms with Crippen LogP contribution in [-0.4, -0.2) is 66.2 Å². The first-order chi connectivity index (χ1) is 8.13. The molecule has 0 rings (SSSR count). The summed E-state index contributed by atoms with van der Waals surface area (Å²) < 4.78 is 0. The first-order valence-corrected chi connectivity index (χ1v) is 6.04. The van der Waals surface area contributed by atoms with Gasteiger partial charge in [-0.05, 0) is 34.4 Å². The number of nitrogens with one attached hydrogen (secondary N) is 1. The molecule has 0 saturated heterocycles. The number of amides is 2. The van der Waals surface area contributed by atoms with Crippen molar-refractivity contribution in [2.75, 3.05) is 27.7 Å². The van der Waals surface area contributed by atoms with Crippen molar-refractivity contribution in [3.05, 3.63) is 0 Å². The fourth-order valence-corrected chi connectivity index (χ4v) is 1.33. The van der Waals surface area contributed by atoms with Gasteiger partial charge in [-0.2, -0.15) is 0 Å². The number of likely N-dealkylation sites (N-methyl/N-ethyl adjacent to an activating group) is 2. The molecule has 0 spiro atoms. The Morgan fingerprint density at radius 1 is 1.28 bits per heavy atom. The van der Waals surface area contributed by atoms with Crippen LogP contribution >= 0.6 is 0 Å². The number of carbonyl (C=O) groups is 2. The summed E-state index contributed by atoms with van der Waals surface area (Å²) in [5.74, 6) is -0.984. The Morgan fingerprint density at radius 3 is 2.11 bits per heavy atom. The third-order valence-electron chi connectivity index (χ3n) is 3.34. The number of hydrogen-bond donors (Lipinski definition) is 2. The Hall–Kier alpha value is -1.30. The molecule has 2 N–H and O–H groups in total. The lowest BCUT2D eigenvalue weighted by Gasteiger charge is -2.34. The Morgan fingerprint density at radius 2 is 1.78 bits per heavy atom. The quantitative estimate of drug-likeness (QED) is 0.741. The van der Waals surface area contributed by atoms with Crippen molar-refractivity contribution in [1.29, 1.82) is 0 Å². The van der Waals surface area contributed by atoms with E-state index in [2.05, 4.69) is 5.32 Å². The molecule has 0 saturated carbocycles. The van der Waals surface area contributed by atoms with Gasteiger partial charge in [-0.3, -0.25) is 0 Å². The van der Waals surface area contributed by atoms with Gasteiger partial charge < -0.3 is 20.2 Å². The van der Waals surface area contributed by atoms with Gasteiger partial charge in [0.2, 0.25) is 0 Å². The standard InChI is InChI=1S/C12H25N3O3/c1-7-9(10(16)17)15(6)11(18)13-8-12(2,3)14(4)5/h9H,7-8H2,1-6H3,(H,13,18)(H,16,17). The van der Waals surface area contributed by atoms with Gasteiger partial charge in [0.15, 0.2) is 0 Å². The summed E-state index contributed by atoms with van der Waals surface area (Å²) in [6.45, 7) is 6.20. The number of aliphatic carboxylic acids is 1. The molecule has 6 heteroatoms. The highest BCUT2D eigenvalue weighted by Crippen LogP contribution is 2.08. The van der Waals surface area contributed by atoms with Crippen LogP contribution < -0.4 is 5.32 Å². The van der Waals surface area contributed by atoms with Crippen LogP contribution in [0, 0.1) is 0 Å². The van der Waals surface area contributed by atoms with Crippen molar-refractivity contribution >= 4 is 12.0 Å². The van der Waals surface area contributed by atoms with Crippen LogP contribution in [0.5, 0.6) is 0 Å². The van der Waals surface area contributed by atoms with Crippen LogP contribution in [0.15, 0.2) is 0 Å². The second-order valence-electron chi connectivity index (χ2n) is 5.24. The van der Waals surface area contributed by atoms with Crippen molar-refractivity contribution in [1.82, 2.24) is 15.1 Å². The summed E-state index contributed by atoms with van der Waals surface area (Å²) in [6.07, 6.45) is 0.385. The lowest BCUT2D eigenvalue weighted by molar-refractivity contribution is -0.141. The highest BCUT2D eigenvalue weighted by molar-refractivity contribution is 5.82. The topological polar surface area (TPSA) is 72.9 Å². The van der Waals surface area contributed by atoms with Gasteiger partial charge in [-0.15, -0.1) is 0 Å². The number of nitrogens with zero attached hydrogens (tertiary/aromatic N) is 2. The summed E-state index contributed by atoms with van der Waals surface area (Å²) in [7, 11) is 5.37. The summed E-state index contributed by atoms with van der Waals surface area (Å²) in [6, 6.07) is -1.15. The predicted octanol–water partition coefficient (Wildman–Crippen LogP) is 0.831. The van der Waals surface area contributed by atoms with E-state index in [-0.39, 0.29) is 11.6 Å². The highest BCUT2D eigenvalue weighted by Gasteiger charge is 2.27. The average Bonchev–Trinajstić information content (AvgIpc) is 2.25. The van der Waals surface area contributed by atoms with E-state index in [1.165, 1.54) is 11.9 Å². The maximum atomic E-state index is 11.9. The second kappa shape index (κ2) is 6.58. The van der Waals surface area contributed by atoms with E-state index in [4.69, 9.17) is 5.11 Å². The van der Waals surface area contributed by atoms with Crippen LogP contribution in [0.25, 0.3) is 0 Å². The lowest BCUT2D eigenvalue weighted by Crippen LogP contribution is -2.53. The molecule has 0 aromatic heterocycles. The van der Waals surface area contributed by atoms with Crippen LogP contribution in [0.4, 0.5) is 4.79 Å². The van der Waals surface area contributed by atoms with E-state index >= 15 is 0 Å². The van der Waals surface area contributed by atoms with Crippen molar-refractivity contribution in [3.63, 3.8) is 0 Å². The second-order valence-corrected chi connectivity index (χ2v) is 5.24. The molecule has 1 atom stereocenters. The SMILES string of the molecule is CCC(C(=O)O)N(C)C(=O)NCC(C)(C)N(C)C. The molecule has 1 unspecified atom stereocenters. The molecule has 2 amide bonds. The molecule has 6 nitrogen and oxygen atoms in total. The maximum Gasteiger partial charge on any atom is 0.326 e. The molecular formula is C12H25N3O3. The Bertz CT molecular complexity index is 303. The molecule has 0 bridgehead atoms. The van der Waals surface area contributed by atoms with Crippen LogP contribution in [0.1, 0.15) is 27.2 Å². The van der Waals surface area contributed by atoms with Crippen LogP contribution in [0.2, 0.25) is 0 Å². The number of urea groups is 1. The Labute approximate surface area is 109 Å². The number of hydrogen-bond acceptors (Lipinski definition) is 3. The highest BCUT2D eigenvalue weighted by atomic mass is 16.4. The van der Waals surface area contributed by atoms with Crippen molar-refractivity contribution in [3.8, 4) is 0 Å². The zero-order chi connectivity index (χ0) is 14.5. The number of rotatable bonds is 6. The number of carboxylic acids is 1. The van der Waals surface area contributed by atoms with Gasteiger partial charge in [-0.1, -0.05) is 6.92 Å². The Kier molecular flexibility index (Phi) is 6.11. The number of carboxylic acid groups (broad SMARTS) is 1. The first kappa shape index (κ1) is 16.7. The van der Waals surface area contributed by atoms with E-state index < -0.39 is 12.0 Å². The third kappa shape index (κ3) is 4.52. The lowest BCUT2D eigenvalue weighted by atomic mass is 10.0. The molecule has 0 aromatic rings. The van der Waals surface area contributed by atoms with E-state index in [0.717, 1.165) is 0 Å². The smallest absolute Gasteiger partial charge is 0.326 e. The van der Waals surface area contributed by atoms with E-state index in [9.17, 15) is 9.59 Å². The average molecular weight is 259 g/mol. The van der Waals surface area contributed by atoms with Gasteiger partial charge >= 0.3 is 12.0 Å². The van der Waals surface area contributed by atoms with Gasteiger partial charge in [0.25, 0.3) is 0 Å². The molecule has 18 heavy (non-hydrogen) atoms. The molecule has 0 radical (unpaired) electrons. The molecule has 0 aromatic carbocycles. The van der Waals surface area contributed by atoms with Crippen molar-refractivity contribution < 1.29 is 14.7 Å². The summed E-state index contributed by atoms with van der Waals surface area (Å²) >= 11 is 0. The summed E-state index contributed by atoms with van der Waals surface area (Å²) in [5.41, 5.74) is -0.179. The number of carbonyl (C=O) groups excluding carboxylic acids is 1. The van der Waals surface area contributed by atoms with Gasteiger partial charge in [0, 0.05) is 19.1 Å². The zero-order valence-electron chi connectivity index (χ0n) is 12.1. The van der Waals surface area contributed by atoms with Gasteiger partial charge in [0.05, 0.1) is 0 Å². The predicted molar refractivity (Wildman–Crippen MR) is 70.6 cm³/mol. The van der Waals surface area contributed by atoms with Crippen LogP contribution in [-0.2, 0) is 4.79 Å². The minimum absolute atomic E-state index is 0.179. The first-order valence-electron chi connectivity index (χ1n) is 6.04. The molecule has 0 aliphatic rings. The zero-order valence-corrected chi connectivity index (χ0v) is 12.1. The largest absolute Gasteiger partial charge is 0.480 e. The summed E-state index contributed by atoms with van der Waals surface area (Å²) in [5, 5.41) is 11.7. The monoisotopic (exact) mass is 259 g/mol. The van der Waals surface area contributed by atoms with Crippen LogP contribution in [0.3, 0.4) is 0 Å². The molecule has 0 aliphatic carbocycles. The van der Waals surface area contributed by atoms with Crippen molar-refractivity contribution in [2.45, 2.75) is 38.8 Å². The minimum atomic E-state index is -0.984. The third-order valence-corrected chi connectivity index (χ3v) is 3.34. The fourth-order valence-electron chi connectivity index (χ4n) is 1.33. The van der Waals surface area contributed by atoms with E-state index in [1.807, 2.05) is 32.8 Å². The van der Waals surface area contributed by atoms with Crippen molar-refractivity contribution in [2.24, 2.45) is 0 Å². The molecule has 0 heterocycles. The maximum absolute atomic E-state index is 11.9. The van der Waals surface area contributed by atoms with Gasteiger partial charge in [0.1, 0.15) is 6.04 Å². The minimum Gasteiger partial charge on any atom is -0.480 e. The Balaban J connectivity index is 4.46. The normalized spacial score (nSPS) is 13.3. The summed E-state index contributed by atoms with van der Waals surface area (Å²) in [4.78, 5) is 26.0. The van der Waals surface area contributed by atoms with E-state index in [0.29, 0.717) is 13.0 Å². The molecule has 0 aliphatic heterocycles. The van der Waals surface area contributed by atoms with E-state index in [1.54, 1.807) is 6.92 Å². The molecule has 106 valence electrons. The van der Waals surface area contributed by atoms with Gasteiger partial charge in [-0.25, -0.2) is 9.59 Å². The molecular weight excluding hydrogens is 234 g/mol. The fraction of sp³-hybridized carbons (Fsp3) is 0.833. The molecule has 0 fully saturated rings.